The molecule has 6 nitrogen and oxygen atoms in total. The second-order valence-corrected chi connectivity index (χ2v) is 6.03. The molecular formula is C16H22N4O2. The molecular weight excluding hydrogens is 280 g/mol. The molecule has 1 fully saturated rings. The molecule has 118 valence electrons. The van der Waals surface area contributed by atoms with E-state index >= 15 is 0 Å². The lowest BCUT2D eigenvalue weighted by Crippen LogP contribution is -2.40. The fourth-order valence-electron chi connectivity index (χ4n) is 3.03. The van der Waals surface area contributed by atoms with Crippen molar-refractivity contribution in [3.05, 3.63) is 35.0 Å². The van der Waals surface area contributed by atoms with E-state index in [1.54, 1.807) is 6.07 Å². The Bertz CT molecular complexity index is 646. The summed E-state index contributed by atoms with van der Waals surface area (Å²) in [6.07, 6.45) is 5.71. The van der Waals surface area contributed by atoms with Crippen molar-refractivity contribution >= 4 is 5.91 Å². The van der Waals surface area contributed by atoms with Crippen LogP contribution in [0.3, 0.4) is 0 Å². The van der Waals surface area contributed by atoms with Crippen molar-refractivity contribution in [3.63, 3.8) is 0 Å². The first-order chi connectivity index (χ1) is 10.7. The topological polar surface area (TPSA) is 75.0 Å². The van der Waals surface area contributed by atoms with E-state index < -0.39 is 0 Å². The van der Waals surface area contributed by atoms with Crippen molar-refractivity contribution in [1.29, 1.82) is 0 Å². The average molecular weight is 302 g/mol. The molecule has 1 N–H and O–H groups in total. The van der Waals surface area contributed by atoms with Crippen molar-refractivity contribution in [3.8, 4) is 0 Å². The van der Waals surface area contributed by atoms with Crippen molar-refractivity contribution in [2.75, 3.05) is 13.1 Å². The Morgan fingerprint density at radius 1 is 1.55 bits per heavy atom. The van der Waals surface area contributed by atoms with Crippen LogP contribution in [-0.4, -0.2) is 39.3 Å². The quantitative estimate of drug-likeness (QED) is 0.940. The highest BCUT2D eigenvalue weighted by Gasteiger charge is 2.27. The van der Waals surface area contributed by atoms with Gasteiger partial charge in [-0.1, -0.05) is 12.1 Å². The molecule has 0 saturated carbocycles. The molecule has 1 aliphatic rings. The van der Waals surface area contributed by atoms with Gasteiger partial charge < -0.3 is 9.42 Å². The second-order valence-electron chi connectivity index (χ2n) is 6.03. The smallest absolute Gasteiger partial charge is 0.276 e. The van der Waals surface area contributed by atoms with E-state index in [1.807, 2.05) is 18.0 Å². The zero-order valence-corrected chi connectivity index (χ0v) is 13.1. The van der Waals surface area contributed by atoms with Crippen LogP contribution in [0.1, 0.15) is 47.3 Å². The molecule has 1 aliphatic heterocycles. The molecule has 22 heavy (non-hydrogen) atoms. The zero-order chi connectivity index (χ0) is 15.5. The summed E-state index contributed by atoms with van der Waals surface area (Å²) in [4.78, 5) is 14.4. The number of nitrogens with zero attached hydrogens (tertiary/aromatic N) is 3. The number of aromatic nitrogens is 3. The Balaban J connectivity index is 1.65. The number of hydrogen-bond acceptors (Lipinski definition) is 4. The van der Waals surface area contributed by atoms with Crippen LogP contribution in [0.5, 0.6) is 0 Å². The average Bonchev–Trinajstić information content (AvgIpc) is 3.16. The van der Waals surface area contributed by atoms with Crippen molar-refractivity contribution in [1.82, 2.24) is 20.3 Å². The van der Waals surface area contributed by atoms with Crippen molar-refractivity contribution in [2.45, 2.75) is 39.5 Å². The van der Waals surface area contributed by atoms with E-state index in [1.165, 1.54) is 11.3 Å². The monoisotopic (exact) mass is 302 g/mol. The third kappa shape index (κ3) is 3.05. The summed E-state index contributed by atoms with van der Waals surface area (Å²) in [6.45, 7) is 5.61. The highest BCUT2D eigenvalue weighted by molar-refractivity contribution is 5.92. The molecule has 3 rings (SSSR count). The molecule has 2 aromatic rings. The van der Waals surface area contributed by atoms with E-state index in [0.717, 1.165) is 44.5 Å². The van der Waals surface area contributed by atoms with Gasteiger partial charge in [0.1, 0.15) is 5.76 Å². The molecule has 3 heterocycles. The molecule has 0 aliphatic carbocycles. The maximum atomic E-state index is 12.5. The number of piperidine rings is 1. The van der Waals surface area contributed by atoms with Crippen LogP contribution in [-0.2, 0) is 12.8 Å². The van der Waals surface area contributed by atoms with Crippen molar-refractivity contribution in [2.24, 2.45) is 5.92 Å². The van der Waals surface area contributed by atoms with Crippen LogP contribution in [0.2, 0.25) is 0 Å². The van der Waals surface area contributed by atoms with Crippen LogP contribution in [0.15, 0.2) is 16.8 Å². The first-order valence-corrected chi connectivity index (χ1v) is 7.91. The lowest BCUT2D eigenvalue weighted by Gasteiger charge is -2.32. The molecule has 6 heteroatoms. The fourth-order valence-corrected chi connectivity index (χ4v) is 3.03. The van der Waals surface area contributed by atoms with Crippen LogP contribution >= 0.6 is 0 Å². The van der Waals surface area contributed by atoms with Crippen LogP contribution in [0, 0.1) is 12.8 Å². The zero-order valence-electron chi connectivity index (χ0n) is 13.1. The molecule has 0 aromatic carbocycles. The third-order valence-corrected chi connectivity index (χ3v) is 4.36. The molecule has 1 atom stereocenters. The van der Waals surface area contributed by atoms with Gasteiger partial charge in [-0.3, -0.25) is 9.89 Å². The molecule has 1 amide bonds. The standard InChI is InChI=1S/C16H22N4O2/c1-3-13-8-15(19-22-13)16(21)20-6-4-5-12(10-20)7-14-11(2)9-17-18-14/h8-9,12H,3-7,10H2,1-2H3,(H,17,18). The summed E-state index contributed by atoms with van der Waals surface area (Å²) in [7, 11) is 0. The maximum absolute atomic E-state index is 12.5. The molecule has 1 unspecified atom stereocenters. The van der Waals surface area contributed by atoms with E-state index in [2.05, 4.69) is 22.3 Å². The highest BCUT2D eigenvalue weighted by Crippen LogP contribution is 2.22. The van der Waals surface area contributed by atoms with Gasteiger partial charge in [-0.05, 0) is 37.7 Å². The van der Waals surface area contributed by atoms with Gasteiger partial charge >= 0.3 is 0 Å². The minimum Gasteiger partial charge on any atom is -0.361 e. The number of rotatable bonds is 4. The Labute approximate surface area is 129 Å². The summed E-state index contributed by atoms with van der Waals surface area (Å²) in [5, 5.41) is 11.0. The number of nitrogens with one attached hydrogen (secondary N) is 1. The summed E-state index contributed by atoms with van der Waals surface area (Å²) in [5.74, 6) is 1.20. The predicted molar refractivity (Wildman–Crippen MR) is 81.5 cm³/mol. The Kier molecular flexibility index (Phi) is 4.27. The van der Waals surface area contributed by atoms with E-state index in [9.17, 15) is 4.79 Å². The van der Waals surface area contributed by atoms with E-state index in [0.29, 0.717) is 11.6 Å². The van der Waals surface area contributed by atoms with Gasteiger partial charge in [-0.15, -0.1) is 0 Å². The van der Waals surface area contributed by atoms with Crippen LogP contribution in [0.4, 0.5) is 0 Å². The number of carbonyl (C=O) groups is 1. The molecule has 0 spiro atoms. The minimum absolute atomic E-state index is 0.0190. The molecule has 1 saturated heterocycles. The van der Waals surface area contributed by atoms with Crippen LogP contribution < -0.4 is 0 Å². The number of aromatic amines is 1. The summed E-state index contributed by atoms with van der Waals surface area (Å²) < 4.78 is 5.14. The largest absolute Gasteiger partial charge is 0.361 e. The Morgan fingerprint density at radius 2 is 2.41 bits per heavy atom. The summed E-state index contributed by atoms with van der Waals surface area (Å²) in [5.41, 5.74) is 2.79. The maximum Gasteiger partial charge on any atom is 0.276 e. The molecule has 2 aromatic heterocycles. The number of aryl methyl sites for hydroxylation is 2. The molecule has 0 bridgehead atoms. The lowest BCUT2D eigenvalue weighted by atomic mass is 9.92. The van der Waals surface area contributed by atoms with E-state index in [4.69, 9.17) is 4.52 Å². The number of carbonyl (C=O) groups excluding carboxylic acids is 1. The van der Waals surface area contributed by atoms with E-state index in [-0.39, 0.29) is 5.91 Å². The number of likely N-dealkylation sites (tertiary alicyclic amines) is 1. The van der Waals surface area contributed by atoms with Crippen LogP contribution in [0.25, 0.3) is 0 Å². The summed E-state index contributed by atoms with van der Waals surface area (Å²) in [6, 6.07) is 1.75. The Hall–Kier alpha value is -2.11. The lowest BCUT2D eigenvalue weighted by molar-refractivity contribution is 0.0662. The van der Waals surface area contributed by atoms with Gasteiger partial charge in [0, 0.05) is 31.3 Å². The first-order valence-electron chi connectivity index (χ1n) is 7.91. The SMILES string of the molecule is CCc1cc(C(=O)N2CCCC(Cc3[nH]ncc3C)C2)no1. The Morgan fingerprint density at radius 3 is 3.09 bits per heavy atom. The van der Waals surface area contributed by atoms with Gasteiger partial charge in [-0.2, -0.15) is 5.10 Å². The van der Waals surface area contributed by atoms with Crippen molar-refractivity contribution < 1.29 is 9.32 Å². The third-order valence-electron chi connectivity index (χ3n) is 4.36. The fraction of sp³-hybridized carbons (Fsp3) is 0.562. The highest BCUT2D eigenvalue weighted by atomic mass is 16.5. The number of amides is 1. The van der Waals surface area contributed by atoms with Gasteiger partial charge in [-0.25, -0.2) is 0 Å². The minimum atomic E-state index is -0.0190. The predicted octanol–water partition coefficient (Wildman–Crippen LogP) is 2.36. The van der Waals surface area contributed by atoms with Gasteiger partial charge in [0.05, 0.1) is 6.20 Å². The van der Waals surface area contributed by atoms with Gasteiger partial charge in [0.2, 0.25) is 0 Å². The van der Waals surface area contributed by atoms with Gasteiger partial charge in [0.25, 0.3) is 5.91 Å². The van der Waals surface area contributed by atoms with Gasteiger partial charge in [0.15, 0.2) is 5.69 Å². The normalized spacial score (nSPS) is 18.6. The summed E-state index contributed by atoms with van der Waals surface area (Å²) >= 11 is 0. The number of H-pyrrole nitrogens is 1. The number of hydrogen-bond donors (Lipinski definition) is 1. The second kappa shape index (κ2) is 6.34. The first kappa shape index (κ1) is 14.8. The molecule has 0 radical (unpaired) electrons.